The van der Waals surface area contributed by atoms with Crippen molar-refractivity contribution in [3.05, 3.63) is 29.8 Å². The van der Waals surface area contributed by atoms with Crippen LogP contribution in [0.25, 0.3) is 0 Å². The van der Waals surface area contributed by atoms with Crippen LogP contribution >= 0.6 is 15.2 Å². The Morgan fingerprint density at radius 3 is 1.75 bits per heavy atom. The second kappa shape index (κ2) is 5.77. The van der Waals surface area contributed by atoms with Crippen LogP contribution in [0.3, 0.4) is 0 Å². The van der Waals surface area contributed by atoms with E-state index in [9.17, 15) is 13.9 Å². The third-order valence-corrected chi connectivity index (χ3v) is 6.36. The Kier molecular flexibility index (Phi) is 4.92. The molecule has 0 heterocycles. The molecule has 0 spiro atoms. The summed E-state index contributed by atoms with van der Waals surface area (Å²) in [7, 11) is -8.54. The van der Waals surface area contributed by atoms with Gasteiger partial charge in [0.1, 0.15) is 0 Å². The number of amides is 1. The highest BCUT2D eigenvalue weighted by Gasteiger charge is 2.44. The van der Waals surface area contributed by atoms with E-state index in [1.54, 1.807) is 0 Å². The molecule has 0 aliphatic rings. The fourth-order valence-corrected chi connectivity index (χ4v) is 4.32. The van der Waals surface area contributed by atoms with Gasteiger partial charge < -0.3 is 24.5 Å². The number of hydrogen-bond donors (Lipinski definition) is 4. The van der Waals surface area contributed by atoms with Crippen LogP contribution in [0.5, 0.6) is 0 Å². The zero-order chi connectivity index (χ0) is 15.7. The second-order valence-electron chi connectivity index (χ2n) is 4.22. The van der Waals surface area contributed by atoms with E-state index in [0.29, 0.717) is 5.69 Å². The van der Waals surface area contributed by atoms with Crippen molar-refractivity contribution in [1.82, 2.24) is 0 Å². The Labute approximate surface area is 115 Å². The van der Waals surface area contributed by atoms with E-state index >= 15 is 0 Å². The summed E-state index contributed by atoms with van der Waals surface area (Å²) in [4.78, 5) is 48.8. The van der Waals surface area contributed by atoms with Gasteiger partial charge in [0.15, 0.2) is 5.40 Å². The molecular formula is C10H15NO7P2. The van der Waals surface area contributed by atoms with E-state index in [0.717, 1.165) is 0 Å². The van der Waals surface area contributed by atoms with E-state index < -0.39 is 20.6 Å². The lowest BCUT2D eigenvalue weighted by molar-refractivity contribution is -0.116. The molecule has 1 aromatic rings. The Bertz CT molecular complexity index is 566. The molecule has 1 rings (SSSR count). The lowest BCUT2D eigenvalue weighted by Crippen LogP contribution is -2.22. The molecule has 112 valence electrons. The summed E-state index contributed by atoms with van der Waals surface area (Å²) in [5.74, 6) is -0.251. The first-order valence-corrected chi connectivity index (χ1v) is 8.75. The van der Waals surface area contributed by atoms with Gasteiger partial charge >= 0.3 is 15.2 Å². The molecule has 1 aromatic carbocycles. The highest BCUT2D eigenvalue weighted by molar-refractivity contribution is 7.70. The van der Waals surface area contributed by atoms with Gasteiger partial charge in [0, 0.05) is 19.7 Å². The normalized spacial score (nSPS) is 12.6. The van der Waals surface area contributed by atoms with Gasteiger partial charge in [-0.1, -0.05) is 12.1 Å². The van der Waals surface area contributed by atoms with E-state index in [-0.39, 0.29) is 11.5 Å². The Hall–Kier alpha value is -1.01. The van der Waals surface area contributed by atoms with Gasteiger partial charge in [0.25, 0.3) is 0 Å². The van der Waals surface area contributed by atoms with Crippen molar-refractivity contribution in [1.29, 1.82) is 0 Å². The maximum atomic E-state index is 11.2. The van der Waals surface area contributed by atoms with Crippen molar-refractivity contribution >= 4 is 26.8 Å². The first-order chi connectivity index (χ1) is 8.94. The highest BCUT2D eigenvalue weighted by atomic mass is 31.2. The van der Waals surface area contributed by atoms with E-state index in [1.165, 1.54) is 43.1 Å². The maximum Gasteiger partial charge on any atom is 0.345 e. The molecule has 0 radical (unpaired) electrons. The smallest absolute Gasteiger partial charge is 0.324 e. The Morgan fingerprint density at radius 1 is 1.05 bits per heavy atom. The molecule has 0 aromatic heterocycles. The molecule has 0 unspecified atom stereocenters. The largest absolute Gasteiger partial charge is 0.345 e. The molecule has 0 fully saturated rings. The van der Waals surface area contributed by atoms with Crippen LogP contribution in [0.2, 0.25) is 0 Å². The fourth-order valence-electron chi connectivity index (χ4n) is 1.64. The van der Waals surface area contributed by atoms with Crippen LogP contribution in [-0.4, -0.2) is 32.5 Å². The molecular weight excluding hydrogens is 308 g/mol. The SMILES string of the molecule is CC(=O)N(C)c1ccc(C(P(=O)(O)O)P(=O)(O)O)cc1. The molecule has 10 heteroatoms. The van der Waals surface area contributed by atoms with E-state index in [4.69, 9.17) is 19.6 Å². The zero-order valence-electron chi connectivity index (χ0n) is 10.7. The van der Waals surface area contributed by atoms with E-state index in [2.05, 4.69) is 0 Å². The quantitative estimate of drug-likeness (QED) is 0.607. The van der Waals surface area contributed by atoms with Crippen LogP contribution in [0.4, 0.5) is 5.69 Å². The first kappa shape index (κ1) is 17.0. The number of carbonyl (C=O) groups excluding carboxylic acids is 1. The number of nitrogens with zero attached hydrogens (tertiary/aromatic N) is 1. The molecule has 0 bridgehead atoms. The van der Waals surface area contributed by atoms with Crippen LogP contribution < -0.4 is 4.90 Å². The van der Waals surface area contributed by atoms with Crippen molar-refractivity contribution in [2.45, 2.75) is 12.3 Å². The van der Waals surface area contributed by atoms with Crippen LogP contribution in [-0.2, 0) is 13.9 Å². The molecule has 1 amide bonds. The fraction of sp³-hybridized carbons (Fsp3) is 0.300. The maximum absolute atomic E-state index is 11.2. The van der Waals surface area contributed by atoms with Gasteiger partial charge in [-0.05, 0) is 17.7 Å². The van der Waals surface area contributed by atoms with Crippen LogP contribution in [0.1, 0.15) is 17.9 Å². The van der Waals surface area contributed by atoms with E-state index in [1.807, 2.05) is 0 Å². The molecule has 20 heavy (non-hydrogen) atoms. The lowest BCUT2D eigenvalue weighted by Gasteiger charge is -2.21. The zero-order valence-corrected chi connectivity index (χ0v) is 12.5. The van der Waals surface area contributed by atoms with Crippen molar-refractivity contribution in [2.75, 3.05) is 11.9 Å². The van der Waals surface area contributed by atoms with Gasteiger partial charge in [-0.2, -0.15) is 0 Å². The van der Waals surface area contributed by atoms with Gasteiger partial charge in [0.2, 0.25) is 5.91 Å². The third kappa shape index (κ3) is 3.99. The monoisotopic (exact) mass is 323 g/mol. The van der Waals surface area contributed by atoms with Crippen molar-refractivity contribution in [2.24, 2.45) is 0 Å². The minimum absolute atomic E-state index is 0.188. The lowest BCUT2D eigenvalue weighted by atomic mass is 10.2. The summed E-state index contributed by atoms with van der Waals surface area (Å²) in [5, 5.41) is -2.20. The van der Waals surface area contributed by atoms with Crippen molar-refractivity contribution in [3.63, 3.8) is 0 Å². The standard InChI is InChI=1S/C10H15NO7P2/c1-7(12)11(2)9-5-3-8(4-6-9)10(19(13,14)15)20(16,17)18/h3-6,10H,1-2H3,(H2,13,14,15)(H2,16,17,18). The highest BCUT2D eigenvalue weighted by Crippen LogP contribution is 2.69. The van der Waals surface area contributed by atoms with Gasteiger partial charge in [0.05, 0.1) is 0 Å². The van der Waals surface area contributed by atoms with Crippen LogP contribution in [0.15, 0.2) is 24.3 Å². The van der Waals surface area contributed by atoms with Crippen LogP contribution in [0, 0.1) is 0 Å². The summed E-state index contributed by atoms with van der Waals surface area (Å²) in [6.45, 7) is 1.34. The topological polar surface area (TPSA) is 135 Å². The molecule has 8 nitrogen and oxygen atoms in total. The average molecular weight is 323 g/mol. The third-order valence-electron chi connectivity index (χ3n) is 2.69. The van der Waals surface area contributed by atoms with Gasteiger partial charge in [-0.25, -0.2) is 0 Å². The molecule has 0 saturated carbocycles. The Morgan fingerprint density at radius 2 is 1.45 bits per heavy atom. The summed E-state index contributed by atoms with van der Waals surface area (Å²) in [6.07, 6.45) is 0. The van der Waals surface area contributed by atoms with Crippen molar-refractivity contribution in [3.8, 4) is 0 Å². The predicted octanol–water partition coefficient (Wildman–Crippen LogP) is 1.02. The molecule has 0 saturated heterocycles. The minimum atomic E-state index is -5.02. The molecule has 0 atom stereocenters. The molecule has 0 aliphatic heterocycles. The summed E-state index contributed by atoms with van der Waals surface area (Å²) < 4.78 is 22.5. The summed E-state index contributed by atoms with van der Waals surface area (Å²) in [6, 6.07) is 5.07. The van der Waals surface area contributed by atoms with Gasteiger partial charge in [-0.15, -0.1) is 0 Å². The number of hydrogen-bond acceptors (Lipinski definition) is 3. The summed E-state index contributed by atoms with van der Waals surface area (Å²) in [5.41, 5.74) is 0.254. The second-order valence-corrected chi connectivity index (χ2v) is 8.02. The number of carbonyl (C=O) groups is 1. The Balaban J connectivity index is 3.23. The van der Waals surface area contributed by atoms with Gasteiger partial charge in [-0.3, -0.25) is 13.9 Å². The molecule has 4 N–H and O–H groups in total. The first-order valence-electron chi connectivity index (χ1n) is 5.39. The minimum Gasteiger partial charge on any atom is -0.324 e. The molecule has 0 aliphatic carbocycles. The van der Waals surface area contributed by atoms with Crippen molar-refractivity contribution < 1.29 is 33.5 Å². The number of anilines is 1. The predicted molar refractivity (Wildman–Crippen MR) is 72.4 cm³/mol. The summed E-state index contributed by atoms with van der Waals surface area (Å²) >= 11 is 0. The number of rotatable bonds is 4. The number of benzene rings is 1. The average Bonchev–Trinajstić information content (AvgIpc) is 2.25.